The van der Waals surface area contributed by atoms with Gasteiger partial charge in [0, 0.05) is 17.7 Å². The number of esters is 1. The number of aryl methyl sites for hydroxylation is 2. The molecule has 3 rings (SSSR count). The van der Waals surface area contributed by atoms with Crippen LogP contribution in [0.5, 0.6) is 0 Å². The van der Waals surface area contributed by atoms with Crippen LogP contribution in [-0.2, 0) is 11.3 Å². The molecule has 0 radical (unpaired) electrons. The molecule has 0 spiro atoms. The molecule has 25 heavy (non-hydrogen) atoms. The van der Waals surface area contributed by atoms with Crippen molar-refractivity contribution in [3.05, 3.63) is 65.5 Å². The molecule has 0 atom stereocenters. The van der Waals surface area contributed by atoms with Gasteiger partial charge in [-0.3, -0.25) is 0 Å². The number of aromatic nitrogens is 2. The second-order valence-corrected chi connectivity index (χ2v) is 6.10. The molecule has 0 unspecified atom stereocenters. The monoisotopic (exact) mass is 334 g/mol. The van der Waals surface area contributed by atoms with Crippen molar-refractivity contribution < 1.29 is 9.53 Å². The van der Waals surface area contributed by atoms with Gasteiger partial charge in [0.2, 0.25) is 5.82 Å². The maximum absolute atomic E-state index is 12.2. The molecule has 0 N–H and O–H groups in total. The van der Waals surface area contributed by atoms with E-state index in [0.717, 1.165) is 22.5 Å². The van der Waals surface area contributed by atoms with Crippen LogP contribution in [0.2, 0.25) is 0 Å². The molecule has 0 aliphatic carbocycles. The summed E-state index contributed by atoms with van der Waals surface area (Å²) in [6.07, 6.45) is 0. The quantitative estimate of drug-likeness (QED) is 0.653. The Kier molecular flexibility index (Phi) is 4.70. The first-order chi connectivity index (χ1) is 12.0. The van der Waals surface area contributed by atoms with Gasteiger partial charge in [-0.05, 0) is 20.8 Å². The van der Waals surface area contributed by atoms with E-state index in [0.29, 0.717) is 12.4 Å². The number of hydrogen-bond donors (Lipinski definition) is 0. The number of imidazole rings is 1. The Labute approximate surface area is 148 Å². The SMILES string of the molecule is CCn1c(C(=O)OC)nc(-c2ccc(C)cc2)c1-c1ccc(C)cc1. The second kappa shape index (κ2) is 6.93. The molecule has 0 bridgehead atoms. The van der Waals surface area contributed by atoms with Gasteiger partial charge in [0.05, 0.1) is 18.5 Å². The summed E-state index contributed by atoms with van der Waals surface area (Å²) in [6.45, 7) is 6.74. The Bertz CT molecular complexity index is 891. The molecule has 2 aromatic carbocycles. The van der Waals surface area contributed by atoms with Gasteiger partial charge in [-0.25, -0.2) is 9.78 Å². The molecule has 1 heterocycles. The number of hydrogen-bond acceptors (Lipinski definition) is 3. The molecule has 0 saturated heterocycles. The molecule has 0 saturated carbocycles. The smallest absolute Gasteiger partial charge is 0.374 e. The van der Waals surface area contributed by atoms with Crippen LogP contribution in [0, 0.1) is 13.8 Å². The summed E-state index contributed by atoms with van der Waals surface area (Å²) >= 11 is 0. The molecule has 128 valence electrons. The molecule has 0 aliphatic rings. The van der Waals surface area contributed by atoms with Gasteiger partial charge in [0.15, 0.2) is 0 Å². The zero-order valence-electron chi connectivity index (χ0n) is 15.0. The highest BCUT2D eigenvalue weighted by atomic mass is 16.5. The number of methoxy groups -OCH3 is 1. The predicted molar refractivity (Wildman–Crippen MR) is 99.6 cm³/mol. The van der Waals surface area contributed by atoms with Crippen molar-refractivity contribution in [1.82, 2.24) is 9.55 Å². The number of rotatable bonds is 4. The van der Waals surface area contributed by atoms with Gasteiger partial charge in [0.25, 0.3) is 0 Å². The highest BCUT2D eigenvalue weighted by Gasteiger charge is 2.23. The van der Waals surface area contributed by atoms with Crippen LogP contribution in [-0.4, -0.2) is 22.6 Å². The van der Waals surface area contributed by atoms with E-state index in [1.807, 2.05) is 23.6 Å². The van der Waals surface area contributed by atoms with E-state index in [1.54, 1.807) is 0 Å². The fraction of sp³-hybridized carbons (Fsp3) is 0.238. The van der Waals surface area contributed by atoms with E-state index in [1.165, 1.54) is 18.2 Å². The molecule has 4 nitrogen and oxygen atoms in total. The average molecular weight is 334 g/mol. The van der Waals surface area contributed by atoms with Crippen LogP contribution in [0.25, 0.3) is 22.5 Å². The lowest BCUT2D eigenvalue weighted by Crippen LogP contribution is -2.11. The number of carbonyl (C=O) groups excluding carboxylic acids is 1. The van der Waals surface area contributed by atoms with Crippen LogP contribution < -0.4 is 0 Å². The van der Waals surface area contributed by atoms with Crippen LogP contribution >= 0.6 is 0 Å². The first-order valence-corrected chi connectivity index (χ1v) is 8.38. The highest BCUT2D eigenvalue weighted by molar-refractivity contribution is 5.90. The minimum absolute atomic E-state index is 0.330. The minimum atomic E-state index is -0.423. The fourth-order valence-corrected chi connectivity index (χ4v) is 2.92. The van der Waals surface area contributed by atoms with Crippen LogP contribution in [0.4, 0.5) is 0 Å². The van der Waals surface area contributed by atoms with Crippen molar-refractivity contribution in [1.29, 1.82) is 0 Å². The molecular weight excluding hydrogens is 312 g/mol. The van der Waals surface area contributed by atoms with Crippen LogP contribution in [0.15, 0.2) is 48.5 Å². The Morgan fingerprint density at radius 1 is 0.960 bits per heavy atom. The zero-order chi connectivity index (χ0) is 18.0. The molecule has 0 fully saturated rings. The number of ether oxygens (including phenoxy) is 1. The number of nitrogens with zero attached hydrogens (tertiary/aromatic N) is 2. The molecule has 0 aliphatic heterocycles. The minimum Gasteiger partial charge on any atom is -0.463 e. The Balaban J connectivity index is 2.28. The maximum atomic E-state index is 12.2. The predicted octanol–water partition coefficient (Wildman–Crippen LogP) is 4.64. The third-order valence-electron chi connectivity index (χ3n) is 4.30. The van der Waals surface area contributed by atoms with E-state index >= 15 is 0 Å². The largest absolute Gasteiger partial charge is 0.463 e. The van der Waals surface area contributed by atoms with E-state index in [9.17, 15) is 4.79 Å². The van der Waals surface area contributed by atoms with Crippen LogP contribution in [0.3, 0.4) is 0 Å². The first-order valence-electron chi connectivity index (χ1n) is 8.38. The lowest BCUT2D eigenvalue weighted by Gasteiger charge is -2.10. The summed E-state index contributed by atoms with van der Waals surface area (Å²) in [7, 11) is 1.38. The molecule has 4 heteroatoms. The lowest BCUT2D eigenvalue weighted by molar-refractivity contribution is 0.0581. The van der Waals surface area contributed by atoms with Crippen molar-refractivity contribution >= 4 is 5.97 Å². The van der Waals surface area contributed by atoms with Gasteiger partial charge in [0.1, 0.15) is 0 Å². The summed E-state index contributed by atoms with van der Waals surface area (Å²) in [5.41, 5.74) is 6.13. The van der Waals surface area contributed by atoms with Gasteiger partial charge in [-0.2, -0.15) is 0 Å². The summed E-state index contributed by atoms with van der Waals surface area (Å²) in [5.74, 6) is -0.0928. The second-order valence-electron chi connectivity index (χ2n) is 6.10. The van der Waals surface area contributed by atoms with E-state index in [4.69, 9.17) is 4.74 Å². The summed E-state index contributed by atoms with van der Waals surface area (Å²) < 4.78 is 6.86. The Morgan fingerprint density at radius 3 is 1.96 bits per heavy atom. The average Bonchev–Trinajstić information content (AvgIpc) is 3.02. The normalized spacial score (nSPS) is 10.7. The summed E-state index contributed by atoms with van der Waals surface area (Å²) in [4.78, 5) is 16.9. The number of benzene rings is 2. The molecule has 1 aromatic heterocycles. The third kappa shape index (κ3) is 3.20. The van der Waals surface area contributed by atoms with Crippen molar-refractivity contribution in [3.8, 4) is 22.5 Å². The van der Waals surface area contributed by atoms with Crippen molar-refractivity contribution in [3.63, 3.8) is 0 Å². The van der Waals surface area contributed by atoms with E-state index in [2.05, 4.69) is 55.2 Å². The van der Waals surface area contributed by atoms with Gasteiger partial charge in [-0.15, -0.1) is 0 Å². The van der Waals surface area contributed by atoms with E-state index in [-0.39, 0.29) is 0 Å². The van der Waals surface area contributed by atoms with Crippen molar-refractivity contribution in [2.75, 3.05) is 7.11 Å². The Morgan fingerprint density at radius 2 is 1.48 bits per heavy atom. The zero-order valence-corrected chi connectivity index (χ0v) is 15.0. The lowest BCUT2D eigenvalue weighted by atomic mass is 10.0. The fourth-order valence-electron chi connectivity index (χ4n) is 2.92. The summed E-state index contributed by atoms with van der Waals surface area (Å²) in [5, 5.41) is 0. The molecule has 0 amide bonds. The highest BCUT2D eigenvalue weighted by Crippen LogP contribution is 2.33. The summed E-state index contributed by atoms with van der Waals surface area (Å²) in [6, 6.07) is 16.5. The maximum Gasteiger partial charge on any atom is 0.374 e. The van der Waals surface area contributed by atoms with Crippen LogP contribution in [0.1, 0.15) is 28.7 Å². The van der Waals surface area contributed by atoms with E-state index < -0.39 is 5.97 Å². The van der Waals surface area contributed by atoms with Gasteiger partial charge in [-0.1, -0.05) is 59.7 Å². The van der Waals surface area contributed by atoms with Gasteiger partial charge >= 0.3 is 5.97 Å². The number of carbonyl (C=O) groups is 1. The van der Waals surface area contributed by atoms with Crippen molar-refractivity contribution in [2.24, 2.45) is 0 Å². The first kappa shape index (κ1) is 17.0. The molecule has 3 aromatic rings. The third-order valence-corrected chi connectivity index (χ3v) is 4.30. The molecular formula is C21H22N2O2. The standard InChI is InChI=1S/C21H22N2O2/c1-5-23-19(17-12-8-15(3)9-13-17)18(22-20(23)21(24)25-4)16-10-6-14(2)7-11-16/h6-13H,5H2,1-4H3. The topological polar surface area (TPSA) is 44.1 Å². The van der Waals surface area contributed by atoms with Gasteiger partial charge < -0.3 is 9.30 Å². The Hall–Kier alpha value is -2.88. The van der Waals surface area contributed by atoms with Crippen molar-refractivity contribution in [2.45, 2.75) is 27.3 Å².